The summed E-state index contributed by atoms with van der Waals surface area (Å²) in [4.78, 5) is 0. The highest BCUT2D eigenvalue weighted by Crippen LogP contribution is 2.32. The molecule has 0 aromatic rings. The van der Waals surface area contributed by atoms with Crippen molar-refractivity contribution < 1.29 is 9.47 Å². The summed E-state index contributed by atoms with van der Waals surface area (Å²) in [6.45, 7) is 8.31. The van der Waals surface area contributed by atoms with Crippen molar-refractivity contribution in [2.24, 2.45) is 0 Å². The third kappa shape index (κ3) is 10.7. The van der Waals surface area contributed by atoms with Gasteiger partial charge in [-0.3, -0.25) is 0 Å². The summed E-state index contributed by atoms with van der Waals surface area (Å²) in [6, 6.07) is 0. The first-order chi connectivity index (χ1) is 12.8. The summed E-state index contributed by atoms with van der Waals surface area (Å²) in [7, 11) is 0. The molecule has 0 aliphatic heterocycles. The van der Waals surface area contributed by atoms with E-state index in [1.54, 1.807) is 5.57 Å². The van der Waals surface area contributed by atoms with E-state index in [4.69, 9.17) is 9.47 Å². The van der Waals surface area contributed by atoms with Gasteiger partial charge in [-0.05, 0) is 51.4 Å². The van der Waals surface area contributed by atoms with Crippen LogP contribution in [0.2, 0.25) is 0 Å². The maximum absolute atomic E-state index is 6.37. The first-order valence-corrected chi connectivity index (χ1v) is 11.7. The zero-order valence-electron chi connectivity index (χ0n) is 18.1. The fraction of sp³-hybridized carbons (Fsp3) is 0.917. The molecule has 1 aliphatic carbocycles. The van der Waals surface area contributed by atoms with Crippen LogP contribution in [-0.4, -0.2) is 19.0 Å². The fourth-order valence-corrected chi connectivity index (χ4v) is 3.87. The Hall–Kier alpha value is -0.340. The third-order valence-electron chi connectivity index (χ3n) is 5.51. The van der Waals surface area contributed by atoms with Crippen molar-refractivity contribution in [2.45, 2.75) is 129 Å². The molecule has 154 valence electrons. The Balaban J connectivity index is 2.51. The second-order valence-corrected chi connectivity index (χ2v) is 8.09. The first kappa shape index (κ1) is 23.7. The van der Waals surface area contributed by atoms with Gasteiger partial charge in [0.05, 0.1) is 0 Å². The van der Waals surface area contributed by atoms with Crippen LogP contribution in [0.1, 0.15) is 124 Å². The number of allylic oxidation sites excluding steroid dienone is 2. The molecule has 0 heterocycles. The molecule has 0 N–H and O–H groups in total. The second-order valence-electron chi connectivity index (χ2n) is 8.09. The minimum Gasteiger partial charge on any atom is -0.350 e. The van der Waals surface area contributed by atoms with Crippen LogP contribution in [0, 0.1) is 0 Å². The lowest BCUT2D eigenvalue weighted by atomic mass is 9.92. The zero-order valence-corrected chi connectivity index (χ0v) is 18.1. The quantitative estimate of drug-likeness (QED) is 0.148. The highest BCUT2D eigenvalue weighted by molar-refractivity contribution is 5.05. The molecule has 2 nitrogen and oxygen atoms in total. The van der Waals surface area contributed by atoms with Gasteiger partial charge in [0.2, 0.25) is 0 Å². The number of hydrogen-bond acceptors (Lipinski definition) is 2. The molecular formula is C24H46O2. The van der Waals surface area contributed by atoms with Crippen LogP contribution in [0.5, 0.6) is 0 Å². The Kier molecular flexibility index (Phi) is 14.3. The maximum atomic E-state index is 6.37. The van der Waals surface area contributed by atoms with E-state index < -0.39 is 0 Å². The molecule has 0 fully saturated rings. The Bertz CT molecular complexity index is 340. The maximum Gasteiger partial charge on any atom is 0.168 e. The molecule has 0 bridgehead atoms. The lowest BCUT2D eigenvalue weighted by molar-refractivity contribution is -0.245. The third-order valence-corrected chi connectivity index (χ3v) is 5.51. The van der Waals surface area contributed by atoms with Crippen LogP contribution >= 0.6 is 0 Å². The van der Waals surface area contributed by atoms with Crippen LogP contribution in [-0.2, 0) is 9.47 Å². The molecule has 0 aromatic heterocycles. The van der Waals surface area contributed by atoms with Crippen molar-refractivity contribution in [3.63, 3.8) is 0 Å². The van der Waals surface area contributed by atoms with Gasteiger partial charge in [0.25, 0.3) is 0 Å². The molecule has 1 aliphatic rings. The van der Waals surface area contributed by atoms with Gasteiger partial charge in [-0.1, -0.05) is 70.9 Å². The number of rotatable bonds is 17. The van der Waals surface area contributed by atoms with E-state index in [9.17, 15) is 0 Å². The van der Waals surface area contributed by atoms with Crippen LogP contribution < -0.4 is 0 Å². The summed E-state index contributed by atoms with van der Waals surface area (Å²) in [6.07, 6.45) is 22.6. The average Bonchev–Trinajstić information content (AvgIpc) is 2.69. The molecule has 0 saturated carbocycles. The Morgan fingerprint density at radius 2 is 1.42 bits per heavy atom. The van der Waals surface area contributed by atoms with Crippen molar-refractivity contribution in [3.05, 3.63) is 11.6 Å². The summed E-state index contributed by atoms with van der Waals surface area (Å²) < 4.78 is 12.7. The normalized spacial score (nSPS) is 15.3. The van der Waals surface area contributed by atoms with Gasteiger partial charge in [-0.15, -0.1) is 0 Å². The average molecular weight is 367 g/mol. The molecule has 0 unspecified atom stereocenters. The number of unbranched alkanes of at least 4 members (excludes halogenated alkanes) is 6. The second kappa shape index (κ2) is 15.7. The lowest BCUT2D eigenvalue weighted by Gasteiger charge is -2.35. The summed E-state index contributed by atoms with van der Waals surface area (Å²) in [5.41, 5.74) is 1.64. The van der Waals surface area contributed by atoms with Crippen molar-refractivity contribution in [3.8, 4) is 0 Å². The summed E-state index contributed by atoms with van der Waals surface area (Å²) >= 11 is 0. The Morgan fingerprint density at radius 3 is 2.00 bits per heavy atom. The topological polar surface area (TPSA) is 18.5 Å². The van der Waals surface area contributed by atoms with Gasteiger partial charge in [0.15, 0.2) is 5.79 Å². The van der Waals surface area contributed by atoms with E-state index in [2.05, 4.69) is 26.8 Å². The molecule has 0 spiro atoms. The Labute approximate surface area is 164 Å². The largest absolute Gasteiger partial charge is 0.350 e. The lowest BCUT2D eigenvalue weighted by Crippen LogP contribution is -2.37. The molecule has 26 heavy (non-hydrogen) atoms. The standard InChI is InChI=1S/C24H46O2/c1-4-7-8-9-10-11-15-19-24(25-21-5-2,26-22-6-3)20-18-23-16-13-12-14-17-23/h16H,4-15,17-22H2,1-3H3. The van der Waals surface area contributed by atoms with E-state index in [0.717, 1.165) is 45.3 Å². The van der Waals surface area contributed by atoms with Gasteiger partial charge in [-0.2, -0.15) is 0 Å². The predicted octanol–water partition coefficient (Wildman–Crippen LogP) is 7.96. The molecule has 0 atom stereocenters. The summed E-state index contributed by atoms with van der Waals surface area (Å²) in [5, 5.41) is 0. The zero-order chi connectivity index (χ0) is 18.9. The van der Waals surface area contributed by atoms with Crippen LogP contribution in [0.3, 0.4) is 0 Å². The van der Waals surface area contributed by atoms with E-state index in [0.29, 0.717) is 0 Å². The van der Waals surface area contributed by atoms with Gasteiger partial charge >= 0.3 is 0 Å². The fourth-order valence-electron chi connectivity index (χ4n) is 3.87. The number of hydrogen-bond donors (Lipinski definition) is 0. The molecule has 0 amide bonds. The molecule has 0 radical (unpaired) electrons. The van der Waals surface area contributed by atoms with Crippen molar-refractivity contribution in [1.82, 2.24) is 0 Å². The summed E-state index contributed by atoms with van der Waals surface area (Å²) in [5.74, 6) is -0.340. The molecular weight excluding hydrogens is 320 g/mol. The van der Waals surface area contributed by atoms with E-state index in [1.807, 2.05) is 0 Å². The van der Waals surface area contributed by atoms with Crippen molar-refractivity contribution >= 4 is 0 Å². The highest BCUT2D eigenvalue weighted by Gasteiger charge is 2.31. The van der Waals surface area contributed by atoms with Crippen LogP contribution in [0.4, 0.5) is 0 Å². The molecule has 1 rings (SSSR count). The SMILES string of the molecule is CCCCCCCCCC(CCC1=CCCCC1)(OCCC)OCCC. The molecule has 0 aromatic carbocycles. The van der Waals surface area contributed by atoms with E-state index in [-0.39, 0.29) is 5.79 Å². The number of ether oxygens (including phenoxy) is 2. The first-order valence-electron chi connectivity index (χ1n) is 11.7. The molecule has 2 heteroatoms. The van der Waals surface area contributed by atoms with Gasteiger partial charge in [0, 0.05) is 26.1 Å². The van der Waals surface area contributed by atoms with Crippen molar-refractivity contribution in [1.29, 1.82) is 0 Å². The van der Waals surface area contributed by atoms with Crippen molar-refractivity contribution in [2.75, 3.05) is 13.2 Å². The monoisotopic (exact) mass is 366 g/mol. The van der Waals surface area contributed by atoms with Gasteiger partial charge < -0.3 is 9.47 Å². The van der Waals surface area contributed by atoms with E-state index >= 15 is 0 Å². The smallest absolute Gasteiger partial charge is 0.168 e. The minimum absolute atomic E-state index is 0.340. The molecule has 0 saturated heterocycles. The highest BCUT2D eigenvalue weighted by atomic mass is 16.7. The van der Waals surface area contributed by atoms with Gasteiger partial charge in [-0.25, -0.2) is 0 Å². The Morgan fingerprint density at radius 1 is 0.769 bits per heavy atom. The van der Waals surface area contributed by atoms with Crippen LogP contribution in [0.25, 0.3) is 0 Å². The van der Waals surface area contributed by atoms with Crippen LogP contribution in [0.15, 0.2) is 11.6 Å². The van der Waals surface area contributed by atoms with E-state index in [1.165, 1.54) is 70.6 Å². The predicted molar refractivity (Wildman–Crippen MR) is 114 cm³/mol. The minimum atomic E-state index is -0.340. The van der Waals surface area contributed by atoms with Gasteiger partial charge in [0.1, 0.15) is 0 Å².